The van der Waals surface area contributed by atoms with Crippen molar-refractivity contribution in [1.82, 2.24) is 9.88 Å². The molecule has 1 aromatic heterocycles. The van der Waals surface area contributed by atoms with Crippen LogP contribution in [0.3, 0.4) is 0 Å². The molecule has 0 saturated heterocycles. The number of pyridine rings is 1. The van der Waals surface area contributed by atoms with Gasteiger partial charge in [-0.05, 0) is 74.8 Å². The summed E-state index contributed by atoms with van der Waals surface area (Å²) in [5.74, 6) is 0.729. The third-order valence-electron chi connectivity index (χ3n) is 7.38. The summed E-state index contributed by atoms with van der Waals surface area (Å²) in [5.41, 5.74) is 12.5. The quantitative estimate of drug-likeness (QED) is 0.136. The van der Waals surface area contributed by atoms with E-state index in [-0.39, 0.29) is 24.4 Å². The lowest BCUT2D eigenvalue weighted by atomic mass is 9.85. The Labute approximate surface area is 256 Å². The largest absolute Gasteiger partial charge is 0.506 e. The fourth-order valence-electron chi connectivity index (χ4n) is 5.40. The molecule has 2 aliphatic rings. The molecule has 0 fully saturated rings. The molecular weight excluding hydrogens is 573 g/mol. The smallest absolute Gasteiger partial charge is 0.450 e. The summed E-state index contributed by atoms with van der Waals surface area (Å²) in [6, 6.07) is 1.53. The van der Waals surface area contributed by atoms with Crippen molar-refractivity contribution < 1.29 is 33.4 Å². The number of fused-ring (bicyclic) bond motifs is 2. The minimum Gasteiger partial charge on any atom is -0.450 e. The summed E-state index contributed by atoms with van der Waals surface area (Å²) in [6.07, 6.45) is 5.57. The first-order valence-electron chi connectivity index (χ1n) is 14.6. The molecule has 0 unspecified atom stereocenters. The van der Waals surface area contributed by atoms with Gasteiger partial charge in [0.1, 0.15) is 18.7 Å². The second kappa shape index (κ2) is 15.9. The lowest BCUT2D eigenvalue weighted by molar-refractivity contribution is -0.115. The highest BCUT2D eigenvalue weighted by molar-refractivity contribution is 7.99. The number of aldehydes is 1. The molecule has 2 heterocycles. The van der Waals surface area contributed by atoms with Gasteiger partial charge in [0.2, 0.25) is 5.91 Å². The maximum atomic E-state index is 14.6. The molecule has 0 radical (unpaired) electrons. The molecular formula is C32H42FN3O6S. The Hall–Kier alpha value is -3.44. The number of aryl methyl sites for hydroxylation is 2. The molecule has 3 N–H and O–H groups in total. The number of carbonyl (C=O) groups excluding carboxylic acids is 2. The predicted octanol–water partition coefficient (Wildman–Crippen LogP) is 5.58. The van der Waals surface area contributed by atoms with Gasteiger partial charge in [0, 0.05) is 41.9 Å². The number of primary amides is 1. The minimum absolute atomic E-state index is 0.231. The van der Waals surface area contributed by atoms with Crippen LogP contribution in [-0.2, 0) is 38.4 Å². The Balaban J connectivity index is 0.000000393. The maximum absolute atomic E-state index is 14.6. The second-order valence-electron chi connectivity index (χ2n) is 10.9. The number of benzene rings is 1. The zero-order valence-corrected chi connectivity index (χ0v) is 26.4. The van der Waals surface area contributed by atoms with E-state index in [2.05, 4.69) is 9.64 Å². The van der Waals surface area contributed by atoms with Crippen LogP contribution >= 0.6 is 11.8 Å². The summed E-state index contributed by atoms with van der Waals surface area (Å²) in [5, 5.41) is 9.92. The number of nitrogens with zero attached hydrogens (tertiary/aromatic N) is 2. The number of halogens is 1. The van der Waals surface area contributed by atoms with Gasteiger partial charge >= 0.3 is 6.16 Å². The maximum Gasteiger partial charge on any atom is 0.506 e. The number of hydrogen-bond acceptors (Lipinski definition) is 8. The van der Waals surface area contributed by atoms with E-state index in [0.29, 0.717) is 48.3 Å². The van der Waals surface area contributed by atoms with Crippen molar-refractivity contribution in [2.24, 2.45) is 5.73 Å². The fourth-order valence-corrected chi connectivity index (χ4v) is 5.96. The zero-order valence-electron chi connectivity index (χ0n) is 25.6. The van der Waals surface area contributed by atoms with E-state index in [0.717, 1.165) is 64.9 Å². The van der Waals surface area contributed by atoms with Crippen molar-refractivity contribution in [3.63, 3.8) is 0 Å². The van der Waals surface area contributed by atoms with E-state index in [1.54, 1.807) is 0 Å². The van der Waals surface area contributed by atoms with Crippen molar-refractivity contribution in [2.45, 2.75) is 72.4 Å². The van der Waals surface area contributed by atoms with Gasteiger partial charge in [0.05, 0.1) is 35.4 Å². The topological polar surface area (TPSA) is 132 Å². The number of hydrogen-bond donors (Lipinski definition) is 2. The van der Waals surface area contributed by atoms with Crippen molar-refractivity contribution in [2.75, 3.05) is 31.8 Å². The van der Waals surface area contributed by atoms with Crippen LogP contribution in [0.5, 0.6) is 0 Å². The molecule has 1 aliphatic heterocycles. The molecule has 234 valence electrons. The summed E-state index contributed by atoms with van der Waals surface area (Å²) in [7, 11) is 1.97. The first-order chi connectivity index (χ1) is 20.5. The normalized spacial score (nSPS) is 15.2. The number of thioether (sulfide) groups is 1. The van der Waals surface area contributed by atoms with Crippen molar-refractivity contribution in [3.05, 3.63) is 57.1 Å². The third kappa shape index (κ3) is 8.79. The van der Waals surface area contributed by atoms with Crippen LogP contribution in [0.2, 0.25) is 0 Å². The molecule has 0 bridgehead atoms. The van der Waals surface area contributed by atoms with Crippen LogP contribution in [0.4, 0.5) is 9.18 Å². The van der Waals surface area contributed by atoms with E-state index >= 15 is 0 Å². The van der Waals surface area contributed by atoms with Crippen LogP contribution in [0, 0.1) is 12.7 Å². The van der Waals surface area contributed by atoms with Gasteiger partial charge in [-0.2, -0.15) is 0 Å². The summed E-state index contributed by atoms with van der Waals surface area (Å²) < 4.78 is 24.5. The van der Waals surface area contributed by atoms with Crippen molar-refractivity contribution in [1.29, 1.82) is 0 Å². The van der Waals surface area contributed by atoms with Crippen LogP contribution in [0.15, 0.2) is 23.3 Å². The lowest BCUT2D eigenvalue weighted by Crippen LogP contribution is -2.14. The van der Waals surface area contributed by atoms with E-state index in [4.69, 9.17) is 20.6 Å². The Kier molecular flexibility index (Phi) is 12.6. The summed E-state index contributed by atoms with van der Waals surface area (Å²) >= 11 is 1.50. The fraction of sp³-hybridized carbons (Fsp3) is 0.500. The summed E-state index contributed by atoms with van der Waals surface area (Å²) in [6.45, 7) is 8.89. The molecule has 0 spiro atoms. The van der Waals surface area contributed by atoms with Gasteiger partial charge in [0.25, 0.3) is 0 Å². The van der Waals surface area contributed by atoms with E-state index < -0.39 is 6.16 Å². The average Bonchev–Trinajstić information content (AvgIpc) is 3.26. The number of aromatic nitrogens is 1. The number of rotatable bonds is 12. The Morgan fingerprint density at radius 1 is 1.23 bits per heavy atom. The van der Waals surface area contributed by atoms with Gasteiger partial charge in [-0.1, -0.05) is 13.3 Å². The van der Waals surface area contributed by atoms with E-state index in [1.165, 1.54) is 23.4 Å². The molecule has 1 aromatic carbocycles. The van der Waals surface area contributed by atoms with Crippen molar-refractivity contribution in [3.8, 4) is 0 Å². The molecule has 0 atom stereocenters. The average molecular weight is 616 g/mol. The van der Waals surface area contributed by atoms with Gasteiger partial charge in [-0.25, -0.2) is 14.2 Å². The lowest BCUT2D eigenvalue weighted by Gasteiger charge is -2.21. The van der Waals surface area contributed by atoms with Crippen LogP contribution in [0.1, 0.15) is 68.0 Å². The van der Waals surface area contributed by atoms with Crippen LogP contribution < -0.4 is 5.73 Å². The first-order valence-corrected chi connectivity index (χ1v) is 15.7. The molecule has 1 amide bonds. The third-order valence-corrected chi connectivity index (χ3v) is 8.32. The van der Waals surface area contributed by atoms with Crippen LogP contribution in [0.25, 0.3) is 16.6 Å². The predicted molar refractivity (Wildman–Crippen MR) is 167 cm³/mol. The van der Waals surface area contributed by atoms with Gasteiger partial charge < -0.3 is 25.2 Å². The number of carbonyl (C=O) groups is 3. The van der Waals surface area contributed by atoms with Crippen LogP contribution in [-0.4, -0.2) is 71.2 Å². The van der Waals surface area contributed by atoms with Gasteiger partial charge in [-0.3, -0.25) is 9.59 Å². The SMILES string of the molecule is CC(C)OCCSCC(N)=O.CCCC(/C=C1/c2nc3cc(F)c(C)c4c3c(c2CN1C)CCC4)=C(/C=O)COC(=O)O. The van der Waals surface area contributed by atoms with E-state index in [1.807, 2.05) is 40.8 Å². The molecule has 11 heteroatoms. The highest BCUT2D eigenvalue weighted by atomic mass is 32.2. The minimum atomic E-state index is -1.42. The van der Waals surface area contributed by atoms with Gasteiger partial charge in [0.15, 0.2) is 0 Å². The Morgan fingerprint density at radius 2 is 1.95 bits per heavy atom. The van der Waals surface area contributed by atoms with Crippen molar-refractivity contribution >= 4 is 46.7 Å². The molecule has 0 saturated carbocycles. The molecule has 43 heavy (non-hydrogen) atoms. The molecule has 4 rings (SSSR count). The summed E-state index contributed by atoms with van der Waals surface area (Å²) in [4.78, 5) is 39.7. The second-order valence-corrected chi connectivity index (χ2v) is 12.0. The highest BCUT2D eigenvalue weighted by Crippen LogP contribution is 2.41. The number of ether oxygens (including phenoxy) is 2. The standard InChI is InChI=1S/C25H27FN2O4.C7H15NO2S/c1-4-6-15(16(12-29)13-32-25(30)31)9-22-24-19(11-28(22)3)18-8-5-7-17-14(2)20(26)10-21(27-24)23(17)18;1-6(2)10-3-4-11-5-7(8)9/h9-10,12H,4-8,11,13H2,1-3H3,(H,30,31);6H,3-5H2,1-2H3,(H2,8,9)/b16-15+,22-9-;. The highest BCUT2D eigenvalue weighted by Gasteiger charge is 2.30. The molecule has 2 aromatic rings. The number of amides is 1. The molecule has 1 aliphatic carbocycles. The molecule has 9 nitrogen and oxygen atoms in total. The monoisotopic (exact) mass is 615 g/mol. The van der Waals surface area contributed by atoms with E-state index in [9.17, 15) is 18.8 Å². The Bertz CT molecular complexity index is 1420. The number of carboxylic acid groups (broad SMARTS) is 1. The number of allylic oxidation sites excluding steroid dienone is 2. The Morgan fingerprint density at radius 3 is 2.58 bits per heavy atom. The van der Waals surface area contributed by atoms with Gasteiger partial charge in [-0.15, -0.1) is 11.8 Å². The zero-order chi connectivity index (χ0) is 31.7. The first kappa shape index (κ1) is 34.1. The number of nitrogens with two attached hydrogens (primary N) is 1.